The normalized spacial score (nSPS) is 39.4. The van der Waals surface area contributed by atoms with Gasteiger partial charge in [0.1, 0.15) is 0 Å². The summed E-state index contributed by atoms with van der Waals surface area (Å²) in [6.45, 7) is 5.95. The van der Waals surface area contributed by atoms with E-state index in [4.69, 9.17) is 8.85 Å². The number of nitrogens with zero attached hydrogens (tertiary/aromatic N) is 1. The van der Waals surface area contributed by atoms with Gasteiger partial charge in [0.25, 0.3) is 0 Å². The topological polar surface area (TPSA) is 21.7 Å². The van der Waals surface area contributed by atoms with Gasteiger partial charge in [-0.25, -0.2) is 0 Å². The zero-order valence-electron chi connectivity index (χ0n) is 11.7. The van der Waals surface area contributed by atoms with E-state index in [1.54, 1.807) is 14.2 Å². The lowest BCUT2D eigenvalue weighted by molar-refractivity contribution is 0.0402. The van der Waals surface area contributed by atoms with Gasteiger partial charge in [0.05, 0.1) is 0 Å². The highest BCUT2D eigenvalue weighted by molar-refractivity contribution is 6.41. The summed E-state index contributed by atoms with van der Waals surface area (Å²) in [4.78, 5) is 0. The first-order valence-corrected chi connectivity index (χ1v) is 8.43. The molecule has 100 valence electrons. The number of hydrogen-bond donors (Lipinski definition) is 0. The van der Waals surface area contributed by atoms with Gasteiger partial charge in [-0.05, 0) is 50.0 Å². The molecular weight excluding hydrogens is 230 g/mol. The minimum atomic E-state index is -1.59. The molecule has 1 heterocycles. The van der Waals surface area contributed by atoms with Gasteiger partial charge < -0.3 is 8.85 Å². The maximum atomic E-state index is 5.61. The van der Waals surface area contributed by atoms with Crippen LogP contribution in [0.2, 0.25) is 0 Å². The lowest BCUT2D eigenvalue weighted by atomic mass is 9.73. The highest BCUT2D eigenvalue weighted by Gasteiger charge is 2.41. The van der Waals surface area contributed by atoms with Crippen LogP contribution in [0.5, 0.6) is 0 Å². The Bertz CT molecular complexity index is 246. The van der Waals surface area contributed by atoms with Crippen molar-refractivity contribution in [3.8, 4) is 0 Å². The Hall–Kier alpha value is 0.0969. The van der Waals surface area contributed by atoms with Crippen molar-refractivity contribution in [2.24, 2.45) is 17.8 Å². The lowest BCUT2D eigenvalue weighted by Crippen LogP contribution is -2.58. The predicted octanol–water partition coefficient (Wildman–Crippen LogP) is 2.14. The van der Waals surface area contributed by atoms with Crippen LogP contribution < -0.4 is 0 Å². The Balaban J connectivity index is 2.09. The summed E-state index contributed by atoms with van der Waals surface area (Å²) in [6.07, 6.45) is 5.52. The van der Waals surface area contributed by atoms with Crippen molar-refractivity contribution in [2.45, 2.75) is 45.6 Å². The van der Waals surface area contributed by atoms with Crippen LogP contribution in [-0.4, -0.2) is 40.8 Å². The summed E-state index contributed by atoms with van der Waals surface area (Å²) in [7, 11) is 2.02. The van der Waals surface area contributed by atoms with Gasteiger partial charge >= 0.3 is 9.45 Å². The number of hydrogen-bond acceptors (Lipinski definition) is 3. The zero-order chi connectivity index (χ0) is 12.4. The zero-order valence-corrected chi connectivity index (χ0v) is 12.8. The SMILES string of the molecule is CO[SiH](OC)N1CC(C)CC2CC(C)CCC21. The van der Waals surface area contributed by atoms with Gasteiger partial charge in [-0.3, -0.25) is 4.57 Å². The molecule has 2 fully saturated rings. The summed E-state index contributed by atoms with van der Waals surface area (Å²) in [6, 6.07) is 0.735. The summed E-state index contributed by atoms with van der Waals surface area (Å²) in [5, 5.41) is 0. The van der Waals surface area contributed by atoms with Crippen LogP contribution >= 0.6 is 0 Å². The van der Waals surface area contributed by atoms with Crippen molar-refractivity contribution >= 4 is 9.45 Å². The van der Waals surface area contributed by atoms with Crippen molar-refractivity contribution in [1.29, 1.82) is 0 Å². The van der Waals surface area contributed by atoms with Crippen LogP contribution in [0.25, 0.3) is 0 Å². The smallest absolute Gasteiger partial charge is 0.388 e. The number of piperidine rings is 1. The molecular formula is C13H27NO2Si. The molecule has 4 heteroatoms. The van der Waals surface area contributed by atoms with E-state index in [1.165, 1.54) is 32.2 Å². The third-order valence-electron chi connectivity index (χ3n) is 4.53. The molecule has 1 aliphatic carbocycles. The quantitative estimate of drug-likeness (QED) is 0.723. The molecule has 0 N–H and O–H groups in total. The second kappa shape index (κ2) is 5.82. The molecule has 1 saturated heterocycles. The molecule has 4 atom stereocenters. The summed E-state index contributed by atoms with van der Waals surface area (Å²) < 4.78 is 13.8. The number of rotatable bonds is 3. The van der Waals surface area contributed by atoms with Gasteiger partial charge in [0.2, 0.25) is 0 Å². The van der Waals surface area contributed by atoms with Crippen molar-refractivity contribution in [3.63, 3.8) is 0 Å². The monoisotopic (exact) mass is 257 g/mol. The highest BCUT2D eigenvalue weighted by Crippen LogP contribution is 2.40. The molecule has 0 aromatic rings. The fourth-order valence-corrected chi connectivity index (χ4v) is 5.84. The van der Waals surface area contributed by atoms with E-state index in [2.05, 4.69) is 18.4 Å². The van der Waals surface area contributed by atoms with Crippen LogP contribution in [0.1, 0.15) is 39.5 Å². The van der Waals surface area contributed by atoms with Crippen LogP contribution in [0.4, 0.5) is 0 Å². The van der Waals surface area contributed by atoms with Crippen molar-refractivity contribution in [2.75, 3.05) is 20.8 Å². The molecule has 0 aromatic heterocycles. The van der Waals surface area contributed by atoms with E-state index in [1.807, 2.05) is 0 Å². The van der Waals surface area contributed by atoms with Crippen molar-refractivity contribution in [3.05, 3.63) is 0 Å². The molecule has 3 nitrogen and oxygen atoms in total. The van der Waals surface area contributed by atoms with E-state index < -0.39 is 9.45 Å². The Morgan fingerprint density at radius 2 is 1.65 bits per heavy atom. The summed E-state index contributed by atoms with van der Waals surface area (Å²) >= 11 is 0. The molecule has 1 aliphatic heterocycles. The Morgan fingerprint density at radius 3 is 2.29 bits per heavy atom. The molecule has 0 bridgehead atoms. The first-order chi connectivity index (χ1) is 8.15. The molecule has 0 amide bonds. The van der Waals surface area contributed by atoms with E-state index in [9.17, 15) is 0 Å². The number of fused-ring (bicyclic) bond motifs is 1. The van der Waals surface area contributed by atoms with Crippen LogP contribution in [0, 0.1) is 17.8 Å². The molecule has 4 unspecified atom stereocenters. The molecule has 1 saturated carbocycles. The Morgan fingerprint density at radius 1 is 1.00 bits per heavy atom. The maximum absolute atomic E-state index is 5.61. The van der Waals surface area contributed by atoms with Crippen LogP contribution in [0.15, 0.2) is 0 Å². The predicted molar refractivity (Wildman–Crippen MR) is 71.9 cm³/mol. The maximum Gasteiger partial charge on any atom is 0.410 e. The third-order valence-corrected chi connectivity index (χ3v) is 6.47. The Labute approximate surface area is 107 Å². The van der Waals surface area contributed by atoms with E-state index in [0.717, 1.165) is 23.8 Å². The van der Waals surface area contributed by atoms with E-state index in [-0.39, 0.29) is 0 Å². The van der Waals surface area contributed by atoms with Crippen molar-refractivity contribution < 1.29 is 8.85 Å². The fourth-order valence-electron chi connectivity index (χ4n) is 3.87. The van der Waals surface area contributed by atoms with Gasteiger partial charge in [0.15, 0.2) is 0 Å². The molecule has 17 heavy (non-hydrogen) atoms. The molecule has 2 rings (SSSR count). The fraction of sp³-hybridized carbons (Fsp3) is 1.00. The van der Waals surface area contributed by atoms with Crippen LogP contribution in [0.3, 0.4) is 0 Å². The van der Waals surface area contributed by atoms with Gasteiger partial charge in [-0.2, -0.15) is 0 Å². The average molecular weight is 257 g/mol. The second-order valence-electron chi connectivity index (χ2n) is 6.06. The van der Waals surface area contributed by atoms with E-state index in [0.29, 0.717) is 0 Å². The lowest BCUT2D eigenvalue weighted by Gasteiger charge is -2.49. The molecule has 0 aromatic carbocycles. The van der Waals surface area contributed by atoms with E-state index >= 15 is 0 Å². The Kier molecular flexibility index (Phi) is 4.63. The average Bonchev–Trinajstić information content (AvgIpc) is 2.29. The minimum absolute atomic E-state index is 0.735. The van der Waals surface area contributed by atoms with Crippen molar-refractivity contribution in [1.82, 2.24) is 4.57 Å². The highest BCUT2D eigenvalue weighted by atomic mass is 28.3. The largest absolute Gasteiger partial charge is 0.410 e. The summed E-state index contributed by atoms with van der Waals surface area (Å²) in [5.74, 6) is 2.58. The molecule has 2 aliphatic rings. The third kappa shape index (κ3) is 2.92. The van der Waals surface area contributed by atoms with Gasteiger partial charge in [0, 0.05) is 20.3 Å². The first kappa shape index (κ1) is 13.5. The summed E-state index contributed by atoms with van der Waals surface area (Å²) in [5.41, 5.74) is 0. The van der Waals surface area contributed by atoms with Crippen LogP contribution in [-0.2, 0) is 8.85 Å². The minimum Gasteiger partial charge on any atom is -0.388 e. The van der Waals surface area contributed by atoms with Gasteiger partial charge in [-0.1, -0.05) is 13.8 Å². The molecule has 0 spiro atoms. The first-order valence-electron chi connectivity index (χ1n) is 6.97. The standard InChI is InChI=1S/C13H27NO2Si/c1-10-5-6-13-12(7-10)8-11(2)9-14(13)17(15-3)16-4/h10-13,17H,5-9H2,1-4H3. The van der Waals surface area contributed by atoms with Gasteiger partial charge in [-0.15, -0.1) is 0 Å². The second-order valence-corrected chi connectivity index (χ2v) is 8.28. The molecule has 0 radical (unpaired) electrons.